The molecule has 0 aromatic heterocycles. The van der Waals surface area contributed by atoms with Crippen LogP contribution in [0.5, 0.6) is 0 Å². The van der Waals surface area contributed by atoms with Gasteiger partial charge in [-0.15, -0.1) is 0 Å². The highest BCUT2D eigenvalue weighted by Crippen LogP contribution is 2.26. The first-order valence-electron chi connectivity index (χ1n) is 6.61. The lowest BCUT2D eigenvalue weighted by atomic mass is 10.0. The van der Waals surface area contributed by atoms with Gasteiger partial charge in [-0.2, -0.15) is 0 Å². The number of rotatable bonds is 5. The van der Waals surface area contributed by atoms with E-state index >= 15 is 0 Å². The van der Waals surface area contributed by atoms with Gasteiger partial charge in [-0.1, -0.05) is 11.6 Å². The molecule has 1 unspecified atom stereocenters. The number of nitrogens with one attached hydrogen (secondary N) is 3. The predicted octanol–water partition coefficient (Wildman–Crippen LogP) is 1.65. The minimum atomic E-state index is -3.38. The van der Waals surface area contributed by atoms with Crippen LogP contribution < -0.4 is 15.4 Å². The van der Waals surface area contributed by atoms with Gasteiger partial charge in [0.25, 0.3) is 0 Å². The summed E-state index contributed by atoms with van der Waals surface area (Å²) in [6.07, 6.45) is 2.52. The van der Waals surface area contributed by atoms with Crippen LogP contribution in [0.4, 0.5) is 11.4 Å². The van der Waals surface area contributed by atoms with Gasteiger partial charge in [-0.05, 0) is 43.6 Å². The third kappa shape index (κ3) is 5.18. The molecule has 0 aliphatic carbocycles. The Bertz CT molecular complexity index is 628. The van der Waals surface area contributed by atoms with Crippen molar-refractivity contribution in [2.75, 3.05) is 29.4 Å². The average Bonchev–Trinajstić information content (AvgIpc) is 2.84. The Kier molecular flexibility index (Phi) is 5.08. The number of hydrogen-bond donors (Lipinski definition) is 3. The van der Waals surface area contributed by atoms with E-state index in [-0.39, 0.29) is 16.6 Å². The van der Waals surface area contributed by atoms with Gasteiger partial charge in [0.15, 0.2) is 0 Å². The standard InChI is InChI=1S/C13H18ClN3O3S/c1-21(19,20)17-12-3-2-10(7-11(12)14)16-13(18)6-9-4-5-15-8-9/h2-3,7,9,15,17H,4-6,8H2,1H3,(H,16,18). The summed E-state index contributed by atoms with van der Waals surface area (Å²) in [5.41, 5.74) is 0.840. The van der Waals surface area contributed by atoms with Crippen LogP contribution in [0, 0.1) is 5.92 Å². The van der Waals surface area contributed by atoms with Crippen LogP contribution in [0.3, 0.4) is 0 Å². The van der Waals surface area contributed by atoms with E-state index in [0.717, 1.165) is 25.8 Å². The van der Waals surface area contributed by atoms with Gasteiger partial charge in [0.1, 0.15) is 0 Å². The molecule has 3 N–H and O–H groups in total. The summed E-state index contributed by atoms with van der Waals surface area (Å²) in [5, 5.41) is 6.22. The molecular weight excluding hydrogens is 314 g/mol. The smallest absolute Gasteiger partial charge is 0.229 e. The molecule has 6 nitrogen and oxygen atoms in total. The fraction of sp³-hybridized carbons (Fsp3) is 0.462. The number of amides is 1. The number of hydrogen-bond acceptors (Lipinski definition) is 4. The molecule has 1 heterocycles. The van der Waals surface area contributed by atoms with Gasteiger partial charge in [-0.3, -0.25) is 9.52 Å². The van der Waals surface area contributed by atoms with E-state index in [1.165, 1.54) is 12.1 Å². The number of carbonyl (C=O) groups is 1. The fourth-order valence-corrected chi connectivity index (χ4v) is 3.10. The Hall–Kier alpha value is -1.31. The third-order valence-corrected chi connectivity index (χ3v) is 4.09. The topological polar surface area (TPSA) is 87.3 Å². The van der Waals surface area contributed by atoms with E-state index < -0.39 is 10.0 Å². The normalized spacial score (nSPS) is 18.5. The minimum Gasteiger partial charge on any atom is -0.326 e. The Labute approximate surface area is 129 Å². The summed E-state index contributed by atoms with van der Waals surface area (Å²) in [4.78, 5) is 11.9. The Morgan fingerprint density at radius 2 is 2.24 bits per heavy atom. The molecule has 0 bridgehead atoms. The third-order valence-electron chi connectivity index (χ3n) is 3.18. The van der Waals surface area contributed by atoms with E-state index in [1.807, 2.05) is 0 Å². The lowest BCUT2D eigenvalue weighted by Gasteiger charge is -2.11. The van der Waals surface area contributed by atoms with Gasteiger partial charge in [-0.25, -0.2) is 8.42 Å². The second-order valence-electron chi connectivity index (χ2n) is 5.18. The first-order valence-corrected chi connectivity index (χ1v) is 8.88. The number of sulfonamides is 1. The van der Waals surface area contributed by atoms with Crippen LogP contribution in [-0.2, 0) is 14.8 Å². The lowest BCUT2D eigenvalue weighted by Crippen LogP contribution is -2.18. The summed E-state index contributed by atoms with van der Waals surface area (Å²) in [5.74, 6) is 0.301. The lowest BCUT2D eigenvalue weighted by molar-refractivity contribution is -0.116. The van der Waals surface area contributed by atoms with E-state index in [0.29, 0.717) is 18.0 Å². The molecular formula is C13H18ClN3O3S. The van der Waals surface area contributed by atoms with Crippen molar-refractivity contribution in [2.24, 2.45) is 5.92 Å². The molecule has 1 aliphatic rings. The van der Waals surface area contributed by atoms with E-state index in [1.54, 1.807) is 6.07 Å². The SMILES string of the molecule is CS(=O)(=O)Nc1ccc(NC(=O)CC2CCNC2)cc1Cl. The second-order valence-corrected chi connectivity index (χ2v) is 7.34. The molecule has 1 atom stereocenters. The number of halogens is 1. The van der Waals surface area contributed by atoms with Crippen LogP contribution in [-0.4, -0.2) is 33.7 Å². The van der Waals surface area contributed by atoms with Gasteiger partial charge >= 0.3 is 0 Å². The minimum absolute atomic E-state index is 0.0661. The monoisotopic (exact) mass is 331 g/mol. The molecule has 1 aromatic carbocycles. The average molecular weight is 332 g/mol. The molecule has 0 radical (unpaired) electrons. The van der Waals surface area contributed by atoms with Crippen molar-refractivity contribution < 1.29 is 13.2 Å². The summed E-state index contributed by atoms with van der Waals surface area (Å²) in [6, 6.07) is 4.67. The van der Waals surface area contributed by atoms with Gasteiger partial charge < -0.3 is 10.6 Å². The van der Waals surface area contributed by atoms with Crippen LogP contribution in [0.2, 0.25) is 5.02 Å². The molecule has 2 rings (SSSR count). The molecule has 116 valence electrons. The maximum Gasteiger partial charge on any atom is 0.229 e. The highest BCUT2D eigenvalue weighted by Gasteiger charge is 2.18. The highest BCUT2D eigenvalue weighted by atomic mass is 35.5. The van der Waals surface area contributed by atoms with E-state index in [9.17, 15) is 13.2 Å². The Morgan fingerprint density at radius 1 is 1.48 bits per heavy atom. The zero-order valence-corrected chi connectivity index (χ0v) is 13.2. The van der Waals surface area contributed by atoms with Gasteiger partial charge in [0.2, 0.25) is 15.9 Å². The van der Waals surface area contributed by atoms with Crippen molar-refractivity contribution in [1.82, 2.24) is 5.32 Å². The molecule has 0 saturated carbocycles. The van der Waals surface area contributed by atoms with Crippen molar-refractivity contribution in [1.29, 1.82) is 0 Å². The Morgan fingerprint density at radius 3 is 2.81 bits per heavy atom. The molecule has 1 saturated heterocycles. The highest BCUT2D eigenvalue weighted by molar-refractivity contribution is 7.92. The fourth-order valence-electron chi connectivity index (χ4n) is 2.24. The van der Waals surface area contributed by atoms with Crippen molar-refractivity contribution in [3.05, 3.63) is 23.2 Å². The van der Waals surface area contributed by atoms with E-state index in [4.69, 9.17) is 11.6 Å². The van der Waals surface area contributed by atoms with Crippen molar-refractivity contribution in [2.45, 2.75) is 12.8 Å². The van der Waals surface area contributed by atoms with Crippen LogP contribution >= 0.6 is 11.6 Å². The first kappa shape index (κ1) is 16.1. The zero-order chi connectivity index (χ0) is 15.5. The molecule has 1 aromatic rings. The Balaban J connectivity index is 1.97. The molecule has 0 spiro atoms. The zero-order valence-electron chi connectivity index (χ0n) is 11.6. The van der Waals surface area contributed by atoms with Gasteiger partial charge in [0, 0.05) is 12.1 Å². The van der Waals surface area contributed by atoms with E-state index in [2.05, 4.69) is 15.4 Å². The molecule has 1 fully saturated rings. The maximum atomic E-state index is 11.9. The van der Waals surface area contributed by atoms with Crippen molar-refractivity contribution >= 4 is 38.9 Å². The van der Waals surface area contributed by atoms with Crippen LogP contribution in [0.1, 0.15) is 12.8 Å². The number of carbonyl (C=O) groups excluding carboxylic acids is 1. The maximum absolute atomic E-state index is 11.9. The molecule has 8 heteroatoms. The number of anilines is 2. The predicted molar refractivity (Wildman–Crippen MR) is 84.1 cm³/mol. The van der Waals surface area contributed by atoms with Crippen LogP contribution in [0.15, 0.2) is 18.2 Å². The largest absolute Gasteiger partial charge is 0.326 e. The summed E-state index contributed by atoms with van der Waals surface area (Å²) in [7, 11) is -3.38. The molecule has 1 amide bonds. The van der Waals surface area contributed by atoms with Crippen LogP contribution in [0.25, 0.3) is 0 Å². The summed E-state index contributed by atoms with van der Waals surface area (Å²) < 4.78 is 24.6. The molecule has 21 heavy (non-hydrogen) atoms. The van der Waals surface area contributed by atoms with Gasteiger partial charge in [0.05, 0.1) is 17.0 Å². The summed E-state index contributed by atoms with van der Waals surface area (Å²) in [6.45, 7) is 1.82. The molecule has 1 aliphatic heterocycles. The second kappa shape index (κ2) is 6.64. The first-order chi connectivity index (χ1) is 9.83. The van der Waals surface area contributed by atoms with Crippen molar-refractivity contribution in [3.8, 4) is 0 Å². The number of benzene rings is 1. The summed E-state index contributed by atoms with van der Waals surface area (Å²) >= 11 is 6.00. The van der Waals surface area contributed by atoms with Crippen molar-refractivity contribution in [3.63, 3.8) is 0 Å². The quantitative estimate of drug-likeness (QED) is 0.765.